The Morgan fingerprint density at radius 2 is 2.46 bits per heavy atom. The minimum atomic E-state index is 0.196. The molecular formula is C9H15N3O. The molecule has 2 rings (SSSR count). The quantitative estimate of drug-likeness (QED) is 0.648. The SMILES string of the molecule is CN1C=CN(C[C@@H]2CCC(=O)N2)C1. The monoisotopic (exact) mass is 181 g/mol. The van der Waals surface area contributed by atoms with Gasteiger partial charge in [-0.2, -0.15) is 0 Å². The number of hydrogen-bond donors (Lipinski definition) is 1. The molecule has 0 spiro atoms. The fourth-order valence-corrected chi connectivity index (χ4v) is 1.80. The summed E-state index contributed by atoms with van der Waals surface area (Å²) >= 11 is 0. The average Bonchev–Trinajstić information content (AvgIpc) is 2.62. The number of nitrogens with one attached hydrogen (secondary N) is 1. The van der Waals surface area contributed by atoms with Gasteiger partial charge in [0.1, 0.15) is 0 Å². The molecule has 0 saturated carbocycles. The Morgan fingerprint density at radius 1 is 1.62 bits per heavy atom. The number of carbonyl (C=O) groups is 1. The van der Waals surface area contributed by atoms with Gasteiger partial charge in [0.15, 0.2) is 0 Å². The Hall–Kier alpha value is -1.19. The summed E-state index contributed by atoms with van der Waals surface area (Å²) in [7, 11) is 2.05. The van der Waals surface area contributed by atoms with Gasteiger partial charge in [-0.25, -0.2) is 0 Å². The Labute approximate surface area is 78.2 Å². The zero-order valence-corrected chi connectivity index (χ0v) is 7.86. The second-order valence-corrected chi connectivity index (χ2v) is 3.77. The lowest BCUT2D eigenvalue weighted by Gasteiger charge is -2.21. The van der Waals surface area contributed by atoms with E-state index in [2.05, 4.69) is 27.5 Å². The zero-order valence-electron chi connectivity index (χ0n) is 7.86. The summed E-state index contributed by atoms with van der Waals surface area (Å²) in [5.74, 6) is 0.196. The molecule has 1 atom stereocenters. The average molecular weight is 181 g/mol. The smallest absolute Gasteiger partial charge is 0.220 e. The van der Waals surface area contributed by atoms with Crippen LogP contribution in [0.1, 0.15) is 12.8 Å². The van der Waals surface area contributed by atoms with Gasteiger partial charge in [0.2, 0.25) is 5.91 Å². The molecule has 0 radical (unpaired) electrons. The number of carbonyl (C=O) groups excluding carboxylic acids is 1. The second kappa shape index (κ2) is 3.28. The molecule has 0 aromatic rings. The molecule has 0 bridgehead atoms. The van der Waals surface area contributed by atoms with Gasteiger partial charge in [-0.1, -0.05) is 0 Å². The van der Waals surface area contributed by atoms with Crippen molar-refractivity contribution in [2.45, 2.75) is 18.9 Å². The molecular weight excluding hydrogens is 166 g/mol. The van der Waals surface area contributed by atoms with E-state index in [0.29, 0.717) is 12.5 Å². The fourth-order valence-electron chi connectivity index (χ4n) is 1.80. The first-order chi connectivity index (χ1) is 6.24. The lowest BCUT2D eigenvalue weighted by molar-refractivity contribution is -0.119. The van der Waals surface area contributed by atoms with Crippen LogP contribution in [0.3, 0.4) is 0 Å². The maximum absolute atomic E-state index is 10.9. The van der Waals surface area contributed by atoms with Crippen LogP contribution in [0, 0.1) is 0 Å². The summed E-state index contributed by atoms with van der Waals surface area (Å²) in [4.78, 5) is 15.3. The number of hydrogen-bond acceptors (Lipinski definition) is 3. The van der Waals surface area contributed by atoms with E-state index >= 15 is 0 Å². The van der Waals surface area contributed by atoms with Crippen LogP contribution in [0.15, 0.2) is 12.4 Å². The molecule has 2 aliphatic rings. The van der Waals surface area contributed by atoms with E-state index in [1.165, 1.54) is 0 Å². The molecule has 0 aromatic carbocycles. The minimum Gasteiger partial charge on any atom is -0.362 e. The summed E-state index contributed by atoms with van der Waals surface area (Å²) in [5, 5.41) is 2.96. The van der Waals surface area contributed by atoms with E-state index in [0.717, 1.165) is 19.6 Å². The highest BCUT2D eigenvalue weighted by atomic mass is 16.1. The predicted octanol–water partition coefficient (Wildman–Crippen LogP) is -0.0589. The predicted molar refractivity (Wildman–Crippen MR) is 49.6 cm³/mol. The lowest BCUT2D eigenvalue weighted by Crippen LogP contribution is -2.37. The van der Waals surface area contributed by atoms with Gasteiger partial charge in [0, 0.05) is 38.5 Å². The topological polar surface area (TPSA) is 35.6 Å². The van der Waals surface area contributed by atoms with Crippen LogP contribution in [0.5, 0.6) is 0 Å². The lowest BCUT2D eigenvalue weighted by atomic mass is 10.2. The van der Waals surface area contributed by atoms with Crippen LogP contribution < -0.4 is 5.32 Å². The molecule has 2 heterocycles. The molecule has 0 unspecified atom stereocenters. The van der Waals surface area contributed by atoms with Crippen LogP contribution in [0.2, 0.25) is 0 Å². The van der Waals surface area contributed by atoms with Gasteiger partial charge >= 0.3 is 0 Å². The first kappa shape index (κ1) is 8.41. The van der Waals surface area contributed by atoms with Crippen molar-refractivity contribution >= 4 is 5.91 Å². The standard InChI is InChI=1S/C9H15N3O/c1-11-4-5-12(7-11)6-8-2-3-9(13)10-8/h4-5,8H,2-3,6-7H2,1H3,(H,10,13)/t8-/m0/s1. The first-order valence-electron chi connectivity index (χ1n) is 4.66. The van der Waals surface area contributed by atoms with E-state index in [1.54, 1.807) is 0 Å². The molecule has 1 amide bonds. The highest BCUT2D eigenvalue weighted by Crippen LogP contribution is 2.11. The fraction of sp³-hybridized carbons (Fsp3) is 0.667. The molecule has 13 heavy (non-hydrogen) atoms. The molecule has 1 fully saturated rings. The number of nitrogens with zero attached hydrogens (tertiary/aromatic N) is 2. The molecule has 0 aliphatic carbocycles. The van der Waals surface area contributed by atoms with Crippen molar-refractivity contribution < 1.29 is 4.79 Å². The largest absolute Gasteiger partial charge is 0.362 e. The van der Waals surface area contributed by atoms with E-state index in [-0.39, 0.29) is 5.91 Å². The van der Waals surface area contributed by atoms with E-state index < -0.39 is 0 Å². The maximum Gasteiger partial charge on any atom is 0.220 e. The third-order valence-corrected chi connectivity index (χ3v) is 2.48. The third kappa shape index (κ3) is 1.94. The van der Waals surface area contributed by atoms with Crippen molar-refractivity contribution in [3.05, 3.63) is 12.4 Å². The Morgan fingerprint density at radius 3 is 3.00 bits per heavy atom. The van der Waals surface area contributed by atoms with Gasteiger partial charge < -0.3 is 15.1 Å². The summed E-state index contributed by atoms with van der Waals surface area (Å²) in [6.45, 7) is 1.87. The van der Waals surface area contributed by atoms with Gasteiger partial charge in [0.25, 0.3) is 0 Å². The molecule has 4 nitrogen and oxygen atoms in total. The van der Waals surface area contributed by atoms with E-state index in [9.17, 15) is 4.79 Å². The van der Waals surface area contributed by atoms with Crippen molar-refractivity contribution in [2.24, 2.45) is 0 Å². The van der Waals surface area contributed by atoms with Gasteiger partial charge in [-0.15, -0.1) is 0 Å². The van der Waals surface area contributed by atoms with Crippen molar-refractivity contribution in [2.75, 3.05) is 20.3 Å². The maximum atomic E-state index is 10.9. The van der Waals surface area contributed by atoms with E-state index in [4.69, 9.17) is 0 Å². The van der Waals surface area contributed by atoms with Crippen LogP contribution in [-0.4, -0.2) is 42.0 Å². The summed E-state index contributed by atoms with van der Waals surface area (Å²) in [5.41, 5.74) is 0. The second-order valence-electron chi connectivity index (χ2n) is 3.77. The normalized spacial score (nSPS) is 27.2. The third-order valence-electron chi connectivity index (χ3n) is 2.48. The van der Waals surface area contributed by atoms with Crippen LogP contribution in [0.25, 0.3) is 0 Å². The zero-order chi connectivity index (χ0) is 9.26. The van der Waals surface area contributed by atoms with Gasteiger partial charge in [-0.3, -0.25) is 4.79 Å². The summed E-state index contributed by atoms with van der Waals surface area (Å²) in [6, 6.07) is 0.351. The summed E-state index contributed by atoms with van der Waals surface area (Å²) in [6.07, 6.45) is 5.80. The van der Waals surface area contributed by atoms with E-state index in [1.807, 2.05) is 7.05 Å². The molecule has 0 aromatic heterocycles. The molecule has 1 saturated heterocycles. The van der Waals surface area contributed by atoms with Gasteiger partial charge in [0.05, 0.1) is 6.67 Å². The first-order valence-corrected chi connectivity index (χ1v) is 4.66. The minimum absolute atomic E-state index is 0.196. The number of amides is 1. The molecule has 1 N–H and O–H groups in total. The van der Waals surface area contributed by atoms with Crippen LogP contribution in [0.4, 0.5) is 0 Å². The molecule has 2 aliphatic heterocycles. The van der Waals surface area contributed by atoms with Crippen molar-refractivity contribution in [3.8, 4) is 0 Å². The van der Waals surface area contributed by atoms with Crippen molar-refractivity contribution in [1.82, 2.24) is 15.1 Å². The van der Waals surface area contributed by atoms with Crippen LogP contribution in [-0.2, 0) is 4.79 Å². The molecule has 72 valence electrons. The molecule has 4 heteroatoms. The highest BCUT2D eigenvalue weighted by Gasteiger charge is 2.23. The Kier molecular flexibility index (Phi) is 2.12. The van der Waals surface area contributed by atoms with Crippen molar-refractivity contribution in [1.29, 1.82) is 0 Å². The van der Waals surface area contributed by atoms with Crippen molar-refractivity contribution in [3.63, 3.8) is 0 Å². The highest BCUT2D eigenvalue weighted by molar-refractivity contribution is 5.78. The number of rotatable bonds is 2. The summed E-state index contributed by atoms with van der Waals surface area (Å²) < 4.78 is 0. The van der Waals surface area contributed by atoms with Crippen LogP contribution >= 0.6 is 0 Å². The Bertz CT molecular complexity index is 239. The Balaban J connectivity index is 1.79. The van der Waals surface area contributed by atoms with Gasteiger partial charge in [-0.05, 0) is 6.42 Å².